The molecule has 2 aromatic carbocycles. The lowest BCUT2D eigenvalue weighted by Gasteiger charge is -2.06. The van der Waals surface area contributed by atoms with Gasteiger partial charge in [-0.25, -0.2) is 4.79 Å². The summed E-state index contributed by atoms with van der Waals surface area (Å²) in [6, 6.07) is 21.6. The Labute approximate surface area is 172 Å². The Bertz CT molecular complexity index is 923. The van der Waals surface area contributed by atoms with Crippen molar-refractivity contribution in [1.82, 2.24) is 0 Å². The maximum Gasteiger partial charge on any atom is 0.350 e. The summed E-state index contributed by atoms with van der Waals surface area (Å²) in [6.45, 7) is 2.06. The molecule has 0 radical (unpaired) electrons. The molecule has 0 aliphatic heterocycles. The minimum absolute atomic E-state index is 0.135. The Morgan fingerprint density at radius 2 is 1.71 bits per heavy atom. The minimum Gasteiger partial charge on any atom is -0.462 e. The van der Waals surface area contributed by atoms with Crippen LogP contribution >= 0.6 is 23.1 Å². The third-order valence-corrected chi connectivity index (χ3v) is 6.04. The van der Waals surface area contributed by atoms with Crippen LogP contribution in [-0.2, 0) is 15.3 Å². The van der Waals surface area contributed by atoms with E-state index in [2.05, 4.69) is 5.32 Å². The molecule has 1 heterocycles. The largest absolute Gasteiger partial charge is 0.462 e. The summed E-state index contributed by atoms with van der Waals surface area (Å²) in [7, 11) is 0. The Hall–Kier alpha value is -2.57. The summed E-state index contributed by atoms with van der Waals surface area (Å²) < 4.78 is 5.15. The summed E-state index contributed by atoms with van der Waals surface area (Å²) in [5.41, 5.74) is 2.68. The van der Waals surface area contributed by atoms with Gasteiger partial charge in [-0.05, 0) is 24.1 Å². The van der Waals surface area contributed by atoms with Crippen molar-refractivity contribution in [1.29, 1.82) is 0 Å². The predicted molar refractivity (Wildman–Crippen MR) is 117 cm³/mol. The van der Waals surface area contributed by atoms with Gasteiger partial charge in [0.05, 0.1) is 18.0 Å². The number of benzene rings is 2. The maximum absolute atomic E-state index is 12.4. The first-order chi connectivity index (χ1) is 13.7. The molecule has 28 heavy (non-hydrogen) atoms. The molecular formula is C22H21NO3S2. The van der Waals surface area contributed by atoms with E-state index in [0.717, 1.165) is 16.2 Å². The normalized spacial score (nSPS) is 10.5. The van der Waals surface area contributed by atoms with Crippen LogP contribution in [0.3, 0.4) is 0 Å². The zero-order valence-corrected chi connectivity index (χ0v) is 17.1. The van der Waals surface area contributed by atoms with Crippen molar-refractivity contribution in [2.45, 2.75) is 12.7 Å². The second-order valence-corrected chi connectivity index (χ2v) is 8.00. The van der Waals surface area contributed by atoms with E-state index in [0.29, 0.717) is 16.3 Å². The smallest absolute Gasteiger partial charge is 0.350 e. The van der Waals surface area contributed by atoms with Crippen LogP contribution in [-0.4, -0.2) is 24.2 Å². The summed E-state index contributed by atoms with van der Waals surface area (Å²) in [4.78, 5) is 26.1. The van der Waals surface area contributed by atoms with Crippen LogP contribution in [0.25, 0.3) is 10.4 Å². The van der Waals surface area contributed by atoms with Gasteiger partial charge in [0.15, 0.2) is 0 Å². The van der Waals surface area contributed by atoms with Crippen LogP contribution in [0.1, 0.15) is 22.2 Å². The molecule has 0 aliphatic rings. The van der Waals surface area contributed by atoms with Gasteiger partial charge >= 0.3 is 5.97 Å². The molecule has 0 saturated heterocycles. The average Bonchev–Trinajstić information content (AvgIpc) is 3.13. The number of rotatable bonds is 8. The number of thiophene rings is 1. The summed E-state index contributed by atoms with van der Waals surface area (Å²) >= 11 is 2.86. The second kappa shape index (κ2) is 10.1. The Morgan fingerprint density at radius 1 is 1.04 bits per heavy atom. The molecule has 0 spiro atoms. The fourth-order valence-electron chi connectivity index (χ4n) is 2.60. The third-order valence-electron chi connectivity index (χ3n) is 3.87. The third kappa shape index (κ3) is 5.47. The highest BCUT2D eigenvalue weighted by Gasteiger charge is 2.20. The highest BCUT2D eigenvalue weighted by atomic mass is 32.2. The van der Waals surface area contributed by atoms with E-state index in [1.165, 1.54) is 28.7 Å². The van der Waals surface area contributed by atoms with Gasteiger partial charge in [-0.15, -0.1) is 23.1 Å². The highest BCUT2D eigenvalue weighted by Crippen LogP contribution is 2.35. The molecule has 0 aliphatic carbocycles. The van der Waals surface area contributed by atoms with Crippen molar-refractivity contribution >= 4 is 40.7 Å². The zero-order chi connectivity index (χ0) is 19.8. The molecule has 6 heteroatoms. The summed E-state index contributed by atoms with van der Waals surface area (Å²) in [5, 5.41) is 2.88. The van der Waals surface area contributed by atoms with E-state index in [-0.39, 0.29) is 12.5 Å². The molecule has 0 bridgehead atoms. The van der Waals surface area contributed by atoms with Crippen molar-refractivity contribution < 1.29 is 14.3 Å². The van der Waals surface area contributed by atoms with Crippen molar-refractivity contribution in [3.8, 4) is 10.4 Å². The molecular weight excluding hydrogens is 390 g/mol. The van der Waals surface area contributed by atoms with Gasteiger partial charge in [0.2, 0.25) is 5.91 Å². The molecule has 1 amide bonds. The van der Waals surface area contributed by atoms with Crippen LogP contribution in [0.2, 0.25) is 0 Å². The number of carbonyl (C=O) groups excluding carboxylic acids is 2. The molecule has 0 unspecified atom stereocenters. The van der Waals surface area contributed by atoms with Gasteiger partial charge in [-0.1, -0.05) is 60.7 Å². The Kier molecular flexibility index (Phi) is 7.28. The van der Waals surface area contributed by atoms with E-state index in [1.54, 1.807) is 6.92 Å². The highest BCUT2D eigenvalue weighted by molar-refractivity contribution is 7.99. The molecule has 0 fully saturated rings. The second-order valence-electron chi connectivity index (χ2n) is 5.97. The van der Waals surface area contributed by atoms with Crippen LogP contribution in [0, 0.1) is 0 Å². The molecule has 1 aromatic heterocycles. The number of hydrogen-bond donors (Lipinski definition) is 1. The monoisotopic (exact) mass is 411 g/mol. The number of thioether (sulfide) groups is 1. The van der Waals surface area contributed by atoms with Crippen molar-refractivity contribution in [3.05, 3.63) is 77.2 Å². The zero-order valence-electron chi connectivity index (χ0n) is 15.5. The predicted octanol–water partition coefficient (Wildman–Crippen LogP) is 5.46. The maximum atomic E-state index is 12.4. The Morgan fingerprint density at radius 3 is 2.39 bits per heavy atom. The number of carbonyl (C=O) groups is 2. The fourth-order valence-corrected chi connectivity index (χ4v) is 4.40. The number of anilines is 1. The first-order valence-corrected chi connectivity index (χ1v) is 10.9. The molecule has 1 N–H and O–H groups in total. The van der Waals surface area contributed by atoms with Crippen LogP contribution in [0.5, 0.6) is 0 Å². The van der Waals surface area contributed by atoms with Crippen molar-refractivity contribution in [3.63, 3.8) is 0 Å². The van der Waals surface area contributed by atoms with Gasteiger partial charge in [0.1, 0.15) is 4.88 Å². The van der Waals surface area contributed by atoms with E-state index in [4.69, 9.17) is 4.74 Å². The molecule has 0 saturated carbocycles. The average molecular weight is 412 g/mol. The van der Waals surface area contributed by atoms with E-state index in [9.17, 15) is 9.59 Å². The Balaban J connectivity index is 1.69. The number of esters is 1. The molecule has 4 nitrogen and oxygen atoms in total. The lowest BCUT2D eigenvalue weighted by Crippen LogP contribution is -2.16. The van der Waals surface area contributed by atoms with Gasteiger partial charge in [0.25, 0.3) is 0 Å². The molecule has 3 rings (SSSR count). The van der Waals surface area contributed by atoms with Crippen LogP contribution < -0.4 is 5.32 Å². The number of nitrogens with one attached hydrogen (secondary N) is 1. The van der Waals surface area contributed by atoms with Crippen molar-refractivity contribution in [2.24, 2.45) is 0 Å². The standard InChI is InChI=1S/C22H21NO3S2/c1-2-26-22(25)21-18(13-19(28-21)17-11-7-4-8-12-17)23-20(24)15-27-14-16-9-5-3-6-10-16/h3-13H,2,14-15H2,1H3,(H,23,24). The van der Waals surface area contributed by atoms with E-state index < -0.39 is 5.97 Å². The van der Waals surface area contributed by atoms with Crippen LogP contribution in [0.4, 0.5) is 5.69 Å². The fraction of sp³-hybridized carbons (Fsp3) is 0.182. The summed E-state index contributed by atoms with van der Waals surface area (Å²) in [6.07, 6.45) is 0. The first-order valence-electron chi connectivity index (χ1n) is 8.95. The number of hydrogen-bond acceptors (Lipinski definition) is 5. The first kappa shape index (κ1) is 20.2. The van der Waals surface area contributed by atoms with Gasteiger partial charge in [0, 0.05) is 10.6 Å². The van der Waals surface area contributed by atoms with E-state index >= 15 is 0 Å². The van der Waals surface area contributed by atoms with Gasteiger partial charge in [-0.2, -0.15) is 0 Å². The molecule has 3 aromatic rings. The van der Waals surface area contributed by atoms with E-state index in [1.807, 2.05) is 66.7 Å². The lowest BCUT2D eigenvalue weighted by molar-refractivity contribution is -0.113. The number of amides is 1. The minimum atomic E-state index is -0.415. The van der Waals surface area contributed by atoms with Crippen molar-refractivity contribution in [2.75, 3.05) is 17.7 Å². The van der Waals surface area contributed by atoms with Crippen LogP contribution in [0.15, 0.2) is 66.7 Å². The lowest BCUT2D eigenvalue weighted by atomic mass is 10.2. The molecule has 144 valence electrons. The SMILES string of the molecule is CCOC(=O)c1sc(-c2ccccc2)cc1NC(=O)CSCc1ccccc1. The number of ether oxygens (including phenoxy) is 1. The van der Waals surface area contributed by atoms with Gasteiger partial charge in [-0.3, -0.25) is 4.79 Å². The quantitative estimate of drug-likeness (QED) is 0.500. The molecule has 0 atom stereocenters. The van der Waals surface area contributed by atoms with Gasteiger partial charge < -0.3 is 10.1 Å². The summed E-state index contributed by atoms with van der Waals surface area (Å²) in [5.74, 6) is 0.525. The topological polar surface area (TPSA) is 55.4 Å².